The first-order chi connectivity index (χ1) is 7.15. The summed E-state index contributed by atoms with van der Waals surface area (Å²) in [6.45, 7) is -0.0625. The van der Waals surface area contributed by atoms with Crippen LogP contribution in [0.1, 0.15) is 12.0 Å². The SMILES string of the molecule is O=[N+]([O-])c1cnc(Cl)c(C#CCCO)c1. The largest absolute Gasteiger partial charge is 0.395 e. The van der Waals surface area contributed by atoms with Crippen molar-refractivity contribution in [3.8, 4) is 11.8 Å². The van der Waals surface area contributed by atoms with E-state index in [1.165, 1.54) is 6.07 Å². The fourth-order valence-electron chi connectivity index (χ4n) is 0.838. The van der Waals surface area contributed by atoms with E-state index in [9.17, 15) is 10.1 Å². The molecule has 15 heavy (non-hydrogen) atoms. The highest BCUT2D eigenvalue weighted by atomic mass is 35.5. The molecule has 5 nitrogen and oxygen atoms in total. The third kappa shape index (κ3) is 3.20. The van der Waals surface area contributed by atoms with Crippen LogP contribution in [0.3, 0.4) is 0 Å². The predicted octanol–water partition coefficient (Wildman–Crippen LogP) is 1.38. The molecule has 0 spiro atoms. The minimum atomic E-state index is -0.569. The number of halogens is 1. The van der Waals surface area contributed by atoms with Gasteiger partial charge in [-0.1, -0.05) is 23.4 Å². The van der Waals surface area contributed by atoms with Crippen molar-refractivity contribution in [3.63, 3.8) is 0 Å². The molecule has 0 atom stereocenters. The van der Waals surface area contributed by atoms with Crippen LogP contribution in [0.2, 0.25) is 5.15 Å². The number of hydrogen-bond acceptors (Lipinski definition) is 4. The van der Waals surface area contributed by atoms with Crippen LogP contribution >= 0.6 is 11.6 Å². The Kier molecular flexibility index (Phi) is 4.03. The third-order valence-corrected chi connectivity index (χ3v) is 1.80. The number of hydrogen-bond donors (Lipinski definition) is 1. The molecule has 0 unspecified atom stereocenters. The highest BCUT2D eigenvalue weighted by Crippen LogP contribution is 2.17. The average molecular weight is 227 g/mol. The summed E-state index contributed by atoms with van der Waals surface area (Å²) in [6, 6.07) is 1.25. The number of nitro groups is 1. The van der Waals surface area contributed by atoms with Crippen molar-refractivity contribution in [2.45, 2.75) is 6.42 Å². The number of pyridine rings is 1. The lowest BCUT2D eigenvalue weighted by atomic mass is 10.2. The van der Waals surface area contributed by atoms with Gasteiger partial charge >= 0.3 is 0 Å². The van der Waals surface area contributed by atoms with E-state index in [1.807, 2.05) is 0 Å². The highest BCUT2D eigenvalue weighted by Gasteiger charge is 2.09. The molecule has 0 aromatic carbocycles. The van der Waals surface area contributed by atoms with Gasteiger partial charge in [-0.2, -0.15) is 0 Å². The third-order valence-electron chi connectivity index (χ3n) is 1.50. The van der Waals surface area contributed by atoms with Gasteiger partial charge in [0.15, 0.2) is 0 Å². The second-order valence-electron chi connectivity index (χ2n) is 2.56. The summed E-state index contributed by atoms with van der Waals surface area (Å²) < 4.78 is 0. The van der Waals surface area contributed by atoms with Crippen LogP contribution in [0.15, 0.2) is 12.3 Å². The smallest absolute Gasteiger partial charge is 0.288 e. The van der Waals surface area contributed by atoms with Gasteiger partial charge in [0, 0.05) is 12.5 Å². The molecule has 6 heteroatoms. The van der Waals surface area contributed by atoms with Crippen molar-refractivity contribution in [2.75, 3.05) is 6.61 Å². The fraction of sp³-hybridized carbons (Fsp3) is 0.222. The number of aromatic nitrogens is 1. The van der Waals surface area contributed by atoms with Gasteiger partial charge in [0.25, 0.3) is 5.69 Å². The molecule has 0 fully saturated rings. The van der Waals surface area contributed by atoms with Gasteiger partial charge in [0.1, 0.15) is 11.3 Å². The van der Waals surface area contributed by atoms with E-state index in [-0.39, 0.29) is 17.4 Å². The minimum absolute atomic E-state index is 0.0625. The van der Waals surface area contributed by atoms with E-state index in [4.69, 9.17) is 16.7 Å². The highest BCUT2D eigenvalue weighted by molar-refractivity contribution is 6.30. The minimum Gasteiger partial charge on any atom is -0.395 e. The Morgan fingerprint density at radius 3 is 3.00 bits per heavy atom. The van der Waals surface area contributed by atoms with Crippen LogP contribution in [0, 0.1) is 22.0 Å². The monoisotopic (exact) mass is 226 g/mol. The van der Waals surface area contributed by atoms with Crippen LogP contribution in [-0.4, -0.2) is 21.6 Å². The van der Waals surface area contributed by atoms with Crippen LogP contribution in [0.5, 0.6) is 0 Å². The molecule has 0 amide bonds. The summed E-state index contributed by atoms with van der Waals surface area (Å²) >= 11 is 5.68. The molecule has 1 heterocycles. The van der Waals surface area contributed by atoms with Gasteiger partial charge < -0.3 is 5.11 Å². The lowest BCUT2D eigenvalue weighted by molar-refractivity contribution is -0.385. The average Bonchev–Trinajstić information content (AvgIpc) is 2.20. The summed E-state index contributed by atoms with van der Waals surface area (Å²) in [7, 11) is 0. The van der Waals surface area contributed by atoms with E-state index in [0.717, 1.165) is 6.20 Å². The lowest BCUT2D eigenvalue weighted by Crippen LogP contribution is -1.91. The normalized spacial score (nSPS) is 9.20. The number of rotatable bonds is 2. The number of aliphatic hydroxyl groups excluding tert-OH is 1. The van der Waals surface area contributed by atoms with Gasteiger partial charge in [-0.05, 0) is 0 Å². The van der Waals surface area contributed by atoms with E-state index < -0.39 is 4.92 Å². The molecule has 0 aliphatic carbocycles. The maximum Gasteiger partial charge on any atom is 0.288 e. The first-order valence-electron chi connectivity index (χ1n) is 4.05. The summed E-state index contributed by atoms with van der Waals surface area (Å²) in [4.78, 5) is 13.5. The maximum absolute atomic E-state index is 10.4. The number of nitrogens with zero attached hydrogens (tertiary/aromatic N) is 2. The van der Waals surface area contributed by atoms with Gasteiger partial charge in [-0.15, -0.1) is 0 Å². The summed E-state index contributed by atoms with van der Waals surface area (Å²) in [5.74, 6) is 5.21. The van der Waals surface area contributed by atoms with Crippen molar-refractivity contribution in [1.82, 2.24) is 4.98 Å². The Hall–Kier alpha value is -1.64. The Morgan fingerprint density at radius 1 is 1.67 bits per heavy atom. The summed E-state index contributed by atoms with van der Waals surface area (Å²) in [6.07, 6.45) is 1.36. The first kappa shape index (κ1) is 11.4. The van der Waals surface area contributed by atoms with Crippen LogP contribution in [-0.2, 0) is 0 Å². The summed E-state index contributed by atoms with van der Waals surface area (Å²) in [5.41, 5.74) is 0.131. The molecular weight excluding hydrogens is 220 g/mol. The van der Waals surface area contributed by atoms with Gasteiger partial charge in [-0.25, -0.2) is 4.98 Å². The molecular formula is C9H7ClN2O3. The Labute approximate surface area is 90.9 Å². The topological polar surface area (TPSA) is 76.3 Å². The molecule has 0 radical (unpaired) electrons. The van der Waals surface area contributed by atoms with Crippen LogP contribution in [0.4, 0.5) is 5.69 Å². The van der Waals surface area contributed by atoms with E-state index >= 15 is 0 Å². The first-order valence-corrected chi connectivity index (χ1v) is 4.42. The van der Waals surface area contributed by atoms with Crippen molar-refractivity contribution >= 4 is 17.3 Å². The summed E-state index contributed by atoms with van der Waals surface area (Å²) in [5, 5.41) is 19.0. The zero-order chi connectivity index (χ0) is 11.3. The van der Waals surface area contributed by atoms with Gasteiger partial charge in [0.05, 0.1) is 17.1 Å². The molecule has 1 N–H and O–H groups in total. The zero-order valence-corrected chi connectivity index (χ0v) is 8.36. The number of aliphatic hydroxyl groups is 1. The fourth-order valence-corrected chi connectivity index (χ4v) is 0.989. The zero-order valence-electron chi connectivity index (χ0n) is 7.61. The van der Waals surface area contributed by atoms with Crippen molar-refractivity contribution in [3.05, 3.63) is 33.1 Å². The molecule has 0 saturated heterocycles. The van der Waals surface area contributed by atoms with Crippen molar-refractivity contribution in [2.24, 2.45) is 0 Å². The van der Waals surface area contributed by atoms with Crippen LogP contribution in [0.25, 0.3) is 0 Å². The van der Waals surface area contributed by atoms with E-state index in [0.29, 0.717) is 12.0 Å². The second kappa shape index (κ2) is 5.29. The van der Waals surface area contributed by atoms with Crippen molar-refractivity contribution in [1.29, 1.82) is 0 Å². The van der Waals surface area contributed by atoms with E-state index in [1.54, 1.807) is 0 Å². The standard InChI is InChI=1S/C9H7ClN2O3/c10-9-7(3-1-2-4-13)5-8(6-11-9)12(14)15/h5-6,13H,2,4H2. The molecule has 1 rings (SSSR count). The maximum atomic E-state index is 10.4. The molecule has 1 aromatic heterocycles. The van der Waals surface area contributed by atoms with Crippen LogP contribution < -0.4 is 0 Å². The van der Waals surface area contributed by atoms with Gasteiger partial charge in [-0.3, -0.25) is 10.1 Å². The Bertz CT molecular complexity index is 437. The molecule has 0 aliphatic rings. The molecule has 0 aliphatic heterocycles. The molecule has 1 aromatic rings. The second-order valence-corrected chi connectivity index (χ2v) is 2.92. The molecule has 0 bridgehead atoms. The quantitative estimate of drug-likeness (QED) is 0.358. The molecule has 78 valence electrons. The van der Waals surface area contributed by atoms with Gasteiger partial charge in [0.2, 0.25) is 0 Å². The Balaban J connectivity index is 3.02. The predicted molar refractivity (Wildman–Crippen MR) is 54.5 cm³/mol. The molecule has 0 saturated carbocycles. The van der Waals surface area contributed by atoms with E-state index in [2.05, 4.69) is 16.8 Å². The van der Waals surface area contributed by atoms with Crippen molar-refractivity contribution < 1.29 is 10.0 Å². The Morgan fingerprint density at radius 2 is 2.40 bits per heavy atom. The lowest BCUT2D eigenvalue weighted by Gasteiger charge is -1.94.